The average molecular weight is 252 g/mol. The van der Waals surface area contributed by atoms with Gasteiger partial charge in [0.25, 0.3) is 0 Å². The van der Waals surface area contributed by atoms with Crippen LogP contribution in [0.4, 0.5) is 5.82 Å². The van der Waals surface area contributed by atoms with Gasteiger partial charge in [-0.3, -0.25) is 4.98 Å². The number of nitrogens with one attached hydrogen (secondary N) is 1. The lowest BCUT2D eigenvalue weighted by Crippen LogP contribution is -2.21. The first kappa shape index (κ1) is 12.0. The van der Waals surface area contributed by atoms with Crippen LogP contribution in [0.25, 0.3) is 10.9 Å². The molecule has 0 saturated carbocycles. The van der Waals surface area contributed by atoms with Crippen LogP contribution in [-0.2, 0) is 0 Å². The molecule has 17 heavy (non-hydrogen) atoms. The normalized spacial score (nSPS) is 11.1. The van der Waals surface area contributed by atoms with Crippen LogP contribution in [0.5, 0.6) is 0 Å². The van der Waals surface area contributed by atoms with Crippen molar-refractivity contribution in [1.29, 1.82) is 0 Å². The van der Waals surface area contributed by atoms with E-state index in [1.165, 1.54) is 0 Å². The summed E-state index contributed by atoms with van der Waals surface area (Å²) in [5.41, 5.74) is 0.756. The second kappa shape index (κ2) is 5.25. The Hall–Kier alpha value is -1.46. The lowest BCUT2D eigenvalue weighted by Gasteiger charge is -2.11. The Morgan fingerprint density at radius 1 is 1.35 bits per heavy atom. The summed E-state index contributed by atoms with van der Waals surface area (Å²) in [6.45, 7) is 1.70. The second-order valence-electron chi connectivity index (χ2n) is 3.97. The van der Waals surface area contributed by atoms with Crippen LogP contribution < -0.4 is 5.32 Å². The Kier molecular flexibility index (Phi) is 3.71. The Balaban J connectivity index is 2.26. The van der Waals surface area contributed by atoms with E-state index in [0.29, 0.717) is 11.0 Å². The van der Waals surface area contributed by atoms with Crippen molar-refractivity contribution >= 4 is 28.3 Å². The molecule has 1 N–H and O–H groups in total. The first-order valence-corrected chi connectivity index (χ1v) is 5.72. The van der Waals surface area contributed by atoms with E-state index in [1.54, 1.807) is 6.20 Å². The van der Waals surface area contributed by atoms with E-state index >= 15 is 0 Å². The Bertz CT molecular complexity index is 514. The van der Waals surface area contributed by atoms with Gasteiger partial charge in [0.1, 0.15) is 5.52 Å². The van der Waals surface area contributed by atoms with Gasteiger partial charge in [-0.15, -0.1) is 10.2 Å². The van der Waals surface area contributed by atoms with Crippen molar-refractivity contribution in [3.8, 4) is 0 Å². The molecule has 0 aliphatic rings. The maximum Gasteiger partial charge on any atom is 0.175 e. The van der Waals surface area contributed by atoms with Crippen LogP contribution in [0.3, 0.4) is 0 Å². The zero-order valence-corrected chi connectivity index (χ0v) is 10.6. The monoisotopic (exact) mass is 251 g/mol. The first-order chi connectivity index (χ1) is 8.18. The number of aromatic nitrogens is 3. The number of rotatable bonds is 4. The van der Waals surface area contributed by atoms with Crippen molar-refractivity contribution in [3.63, 3.8) is 0 Å². The van der Waals surface area contributed by atoms with E-state index in [9.17, 15) is 0 Å². The summed E-state index contributed by atoms with van der Waals surface area (Å²) in [4.78, 5) is 6.37. The van der Waals surface area contributed by atoms with Gasteiger partial charge in [0, 0.05) is 24.7 Å². The molecule has 0 radical (unpaired) electrons. The van der Waals surface area contributed by atoms with Crippen LogP contribution >= 0.6 is 11.6 Å². The zero-order chi connectivity index (χ0) is 12.3. The molecule has 0 amide bonds. The number of pyridine rings is 1. The standard InChI is InChI=1S/C11H14ClN5/c1-17(2)7-6-14-11-9-8(4-3-5-13-9)10(12)15-16-11/h3-5H,6-7H2,1-2H3,(H,14,16). The van der Waals surface area contributed by atoms with E-state index in [0.717, 1.165) is 24.0 Å². The van der Waals surface area contributed by atoms with Crippen molar-refractivity contribution < 1.29 is 0 Å². The summed E-state index contributed by atoms with van der Waals surface area (Å²) >= 11 is 5.96. The zero-order valence-electron chi connectivity index (χ0n) is 9.81. The molecule has 6 heteroatoms. The molecule has 2 heterocycles. The highest BCUT2D eigenvalue weighted by molar-refractivity contribution is 6.34. The maximum absolute atomic E-state index is 5.96. The molecule has 0 bridgehead atoms. The Morgan fingerprint density at radius 3 is 2.94 bits per heavy atom. The van der Waals surface area contributed by atoms with E-state index < -0.39 is 0 Å². The maximum atomic E-state index is 5.96. The molecule has 2 aromatic rings. The van der Waals surface area contributed by atoms with Gasteiger partial charge in [-0.25, -0.2) is 0 Å². The first-order valence-electron chi connectivity index (χ1n) is 5.34. The van der Waals surface area contributed by atoms with Crippen molar-refractivity contribution in [3.05, 3.63) is 23.5 Å². The number of fused-ring (bicyclic) bond motifs is 1. The van der Waals surface area contributed by atoms with Crippen molar-refractivity contribution in [2.45, 2.75) is 0 Å². The molecule has 90 valence electrons. The molecule has 5 nitrogen and oxygen atoms in total. The fourth-order valence-electron chi connectivity index (χ4n) is 1.47. The third kappa shape index (κ3) is 2.81. The molecule has 2 aromatic heterocycles. The molecule has 0 aromatic carbocycles. The van der Waals surface area contributed by atoms with Gasteiger partial charge < -0.3 is 10.2 Å². The van der Waals surface area contributed by atoms with Gasteiger partial charge in [-0.05, 0) is 26.2 Å². The number of hydrogen-bond acceptors (Lipinski definition) is 5. The smallest absolute Gasteiger partial charge is 0.175 e. The van der Waals surface area contributed by atoms with Gasteiger partial charge in [0.05, 0.1) is 0 Å². The molecule has 2 rings (SSSR count). The van der Waals surface area contributed by atoms with Gasteiger partial charge >= 0.3 is 0 Å². The molecule has 0 spiro atoms. The molecular weight excluding hydrogens is 238 g/mol. The van der Waals surface area contributed by atoms with E-state index in [4.69, 9.17) is 11.6 Å². The van der Waals surface area contributed by atoms with Crippen LogP contribution in [0.15, 0.2) is 18.3 Å². The lowest BCUT2D eigenvalue weighted by molar-refractivity contribution is 0.425. The lowest BCUT2D eigenvalue weighted by atomic mass is 10.3. The summed E-state index contributed by atoms with van der Waals surface area (Å²) in [5.74, 6) is 0.673. The quantitative estimate of drug-likeness (QED) is 0.896. The van der Waals surface area contributed by atoms with Crippen LogP contribution in [-0.4, -0.2) is 47.3 Å². The summed E-state index contributed by atoms with van der Waals surface area (Å²) in [5, 5.41) is 12.3. The predicted octanol–water partition coefficient (Wildman–Crippen LogP) is 1.65. The second-order valence-corrected chi connectivity index (χ2v) is 4.33. The van der Waals surface area contributed by atoms with Gasteiger partial charge in [-0.1, -0.05) is 11.6 Å². The number of anilines is 1. The average Bonchev–Trinajstić information content (AvgIpc) is 2.32. The SMILES string of the molecule is CN(C)CCNc1nnc(Cl)c2cccnc12. The number of halogens is 1. The summed E-state index contributed by atoms with van der Waals surface area (Å²) < 4.78 is 0. The molecule has 0 atom stereocenters. The highest BCUT2D eigenvalue weighted by Gasteiger charge is 2.07. The number of nitrogens with zero attached hydrogens (tertiary/aromatic N) is 4. The highest BCUT2D eigenvalue weighted by atomic mass is 35.5. The van der Waals surface area contributed by atoms with Gasteiger partial charge in [0.15, 0.2) is 11.0 Å². The molecule has 0 unspecified atom stereocenters. The minimum atomic E-state index is 0.381. The third-order valence-electron chi connectivity index (χ3n) is 2.34. The fourth-order valence-corrected chi connectivity index (χ4v) is 1.66. The largest absolute Gasteiger partial charge is 0.365 e. The highest BCUT2D eigenvalue weighted by Crippen LogP contribution is 2.23. The van der Waals surface area contributed by atoms with Crippen molar-refractivity contribution in [1.82, 2.24) is 20.1 Å². The fraction of sp³-hybridized carbons (Fsp3) is 0.364. The molecule has 0 aliphatic carbocycles. The Morgan fingerprint density at radius 2 is 2.18 bits per heavy atom. The minimum absolute atomic E-state index is 0.381. The predicted molar refractivity (Wildman–Crippen MR) is 69.4 cm³/mol. The van der Waals surface area contributed by atoms with E-state index in [2.05, 4.69) is 25.4 Å². The van der Waals surface area contributed by atoms with Crippen molar-refractivity contribution in [2.75, 3.05) is 32.5 Å². The summed E-state index contributed by atoms with van der Waals surface area (Å²) in [6.07, 6.45) is 1.72. The summed E-state index contributed by atoms with van der Waals surface area (Å²) in [7, 11) is 4.04. The number of likely N-dealkylation sites (N-methyl/N-ethyl adjacent to an activating group) is 1. The van der Waals surface area contributed by atoms with Crippen molar-refractivity contribution in [2.24, 2.45) is 0 Å². The van der Waals surface area contributed by atoms with Crippen LogP contribution in [0.1, 0.15) is 0 Å². The molecule has 0 fully saturated rings. The number of hydrogen-bond donors (Lipinski definition) is 1. The Labute approximate surface area is 105 Å². The summed E-state index contributed by atoms with van der Waals surface area (Å²) in [6, 6.07) is 3.72. The molecule has 0 saturated heterocycles. The van der Waals surface area contributed by atoms with Crippen LogP contribution in [0, 0.1) is 0 Å². The van der Waals surface area contributed by atoms with Gasteiger partial charge in [0.2, 0.25) is 0 Å². The van der Waals surface area contributed by atoms with E-state index in [-0.39, 0.29) is 0 Å². The third-order valence-corrected chi connectivity index (χ3v) is 2.62. The topological polar surface area (TPSA) is 53.9 Å². The minimum Gasteiger partial charge on any atom is -0.365 e. The molecular formula is C11H14ClN5. The van der Waals surface area contributed by atoms with Gasteiger partial charge in [-0.2, -0.15) is 0 Å². The van der Waals surface area contributed by atoms with E-state index in [1.807, 2.05) is 26.2 Å². The molecule has 0 aliphatic heterocycles. The van der Waals surface area contributed by atoms with Crippen LogP contribution in [0.2, 0.25) is 5.15 Å².